The minimum atomic E-state index is 0.818. The summed E-state index contributed by atoms with van der Waals surface area (Å²) in [7, 11) is 0. The summed E-state index contributed by atoms with van der Waals surface area (Å²) in [5.41, 5.74) is 5.63. The second-order valence-electron chi connectivity index (χ2n) is 4.02. The van der Waals surface area contributed by atoms with Crippen LogP contribution in [-0.2, 0) is 0 Å². The van der Waals surface area contributed by atoms with E-state index in [2.05, 4.69) is 13.8 Å². The van der Waals surface area contributed by atoms with Crippen LogP contribution >= 0.6 is 0 Å². The van der Waals surface area contributed by atoms with E-state index in [1.807, 2.05) is 0 Å². The van der Waals surface area contributed by atoms with Crippen LogP contribution in [0.4, 0.5) is 0 Å². The van der Waals surface area contributed by atoms with Gasteiger partial charge in [0, 0.05) is 0 Å². The third-order valence-electron chi connectivity index (χ3n) is 2.61. The van der Waals surface area contributed by atoms with Crippen LogP contribution in [0.1, 0.15) is 33.1 Å². The molecule has 1 saturated carbocycles. The Kier molecular flexibility index (Phi) is 2.72. The maximum absolute atomic E-state index is 5.63. The fraction of sp³-hybridized carbons (Fsp3) is 1.00. The van der Waals surface area contributed by atoms with Crippen molar-refractivity contribution in [3.8, 4) is 0 Å². The minimum absolute atomic E-state index is 0.818. The Bertz CT molecular complexity index is 90.9. The molecule has 0 amide bonds. The van der Waals surface area contributed by atoms with Gasteiger partial charge in [-0.1, -0.05) is 13.8 Å². The van der Waals surface area contributed by atoms with E-state index in [0.29, 0.717) is 0 Å². The standard InChI is InChI=1S/C9H19N/c1-7-3-8(2)5-9(4-7)6-10/h7-9H,3-6,10H2,1-2H3. The lowest BCUT2D eigenvalue weighted by Crippen LogP contribution is -2.25. The quantitative estimate of drug-likeness (QED) is 0.594. The third-order valence-corrected chi connectivity index (χ3v) is 2.61. The molecule has 60 valence electrons. The van der Waals surface area contributed by atoms with Gasteiger partial charge in [0.15, 0.2) is 0 Å². The molecule has 0 radical (unpaired) electrons. The fourth-order valence-corrected chi connectivity index (χ4v) is 2.31. The lowest BCUT2D eigenvalue weighted by Gasteiger charge is -2.30. The summed E-state index contributed by atoms with van der Waals surface area (Å²) in [5.74, 6) is 2.65. The maximum Gasteiger partial charge on any atom is -0.00487 e. The van der Waals surface area contributed by atoms with Gasteiger partial charge in [-0.15, -0.1) is 0 Å². The molecule has 1 aliphatic rings. The van der Waals surface area contributed by atoms with Crippen LogP contribution in [0.15, 0.2) is 0 Å². The molecule has 0 bridgehead atoms. The zero-order valence-electron chi connectivity index (χ0n) is 7.14. The van der Waals surface area contributed by atoms with Crippen molar-refractivity contribution in [1.82, 2.24) is 0 Å². The van der Waals surface area contributed by atoms with Gasteiger partial charge in [-0.25, -0.2) is 0 Å². The summed E-state index contributed by atoms with van der Waals surface area (Å²) in [6.07, 6.45) is 4.14. The van der Waals surface area contributed by atoms with Crippen molar-refractivity contribution < 1.29 is 0 Å². The number of nitrogens with two attached hydrogens (primary N) is 1. The molecular formula is C9H19N. The van der Waals surface area contributed by atoms with Gasteiger partial charge in [-0.2, -0.15) is 0 Å². The average molecular weight is 141 g/mol. The van der Waals surface area contributed by atoms with Gasteiger partial charge in [-0.05, 0) is 43.6 Å². The molecule has 1 nitrogen and oxygen atoms in total. The van der Waals surface area contributed by atoms with E-state index >= 15 is 0 Å². The molecule has 1 aliphatic carbocycles. The molecule has 2 unspecified atom stereocenters. The lowest BCUT2D eigenvalue weighted by molar-refractivity contribution is 0.224. The molecule has 0 aromatic heterocycles. The van der Waals surface area contributed by atoms with Crippen LogP contribution < -0.4 is 5.73 Å². The number of hydrogen-bond donors (Lipinski definition) is 1. The van der Waals surface area contributed by atoms with Gasteiger partial charge in [0.05, 0.1) is 0 Å². The number of rotatable bonds is 1. The van der Waals surface area contributed by atoms with Crippen LogP contribution in [0.25, 0.3) is 0 Å². The molecule has 2 N–H and O–H groups in total. The summed E-state index contributed by atoms with van der Waals surface area (Å²) >= 11 is 0. The highest BCUT2D eigenvalue weighted by molar-refractivity contribution is 4.74. The van der Waals surface area contributed by atoms with E-state index in [4.69, 9.17) is 5.73 Å². The molecule has 0 aromatic rings. The first-order chi connectivity index (χ1) is 4.72. The predicted octanol–water partition coefficient (Wildman–Crippen LogP) is 2.02. The van der Waals surface area contributed by atoms with Crippen molar-refractivity contribution in [3.05, 3.63) is 0 Å². The Morgan fingerprint density at radius 1 is 1.10 bits per heavy atom. The molecule has 0 aromatic carbocycles. The van der Waals surface area contributed by atoms with Crippen molar-refractivity contribution in [2.45, 2.75) is 33.1 Å². The second-order valence-corrected chi connectivity index (χ2v) is 4.02. The highest BCUT2D eigenvalue weighted by Gasteiger charge is 2.22. The lowest BCUT2D eigenvalue weighted by atomic mass is 9.77. The van der Waals surface area contributed by atoms with E-state index in [1.54, 1.807) is 0 Å². The molecule has 10 heavy (non-hydrogen) atoms. The molecule has 1 heteroatoms. The molecule has 1 rings (SSSR count). The highest BCUT2D eigenvalue weighted by atomic mass is 14.6. The zero-order chi connectivity index (χ0) is 7.56. The van der Waals surface area contributed by atoms with Gasteiger partial charge in [-0.3, -0.25) is 0 Å². The predicted molar refractivity (Wildman–Crippen MR) is 44.7 cm³/mol. The van der Waals surface area contributed by atoms with E-state index in [1.165, 1.54) is 19.3 Å². The summed E-state index contributed by atoms with van der Waals surface area (Å²) in [6.45, 7) is 5.59. The molecule has 0 aliphatic heterocycles. The van der Waals surface area contributed by atoms with Crippen LogP contribution in [0.3, 0.4) is 0 Å². The summed E-state index contributed by atoms with van der Waals surface area (Å²) in [4.78, 5) is 0. The fourth-order valence-electron chi connectivity index (χ4n) is 2.31. The SMILES string of the molecule is CC1CC(C)CC(CN)C1. The van der Waals surface area contributed by atoms with Crippen molar-refractivity contribution >= 4 is 0 Å². The molecule has 0 saturated heterocycles. The van der Waals surface area contributed by atoms with Gasteiger partial charge in [0.25, 0.3) is 0 Å². The van der Waals surface area contributed by atoms with E-state index < -0.39 is 0 Å². The highest BCUT2D eigenvalue weighted by Crippen LogP contribution is 2.31. The first-order valence-corrected chi connectivity index (χ1v) is 4.42. The third kappa shape index (κ3) is 1.98. The van der Waals surface area contributed by atoms with Gasteiger partial charge in [0.2, 0.25) is 0 Å². The van der Waals surface area contributed by atoms with Crippen molar-refractivity contribution in [3.63, 3.8) is 0 Å². The topological polar surface area (TPSA) is 26.0 Å². The Morgan fingerprint density at radius 3 is 2.00 bits per heavy atom. The summed E-state index contributed by atoms with van der Waals surface area (Å²) < 4.78 is 0. The summed E-state index contributed by atoms with van der Waals surface area (Å²) in [6, 6.07) is 0. The molecule has 0 heterocycles. The smallest absolute Gasteiger partial charge is 0.00487 e. The zero-order valence-corrected chi connectivity index (χ0v) is 7.14. The van der Waals surface area contributed by atoms with Gasteiger partial charge < -0.3 is 5.73 Å². The Balaban J connectivity index is 2.35. The average Bonchev–Trinajstić information content (AvgIpc) is 1.85. The first-order valence-electron chi connectivity index (χ1n) is 4.42. The minimum Gasteiger partial charge on any atom is -0.330 e. The van der Waals surface area contributed by atoms with Crippen LogP contribution in [0.2, 0.25) is 0 Å². The van der Waals surface area contributed by atoms with E-state index in [0.717, 1.165) is 24.3 Å². The van der Waals surface area contributed by atoms with Crippen LogP contribution in [-0.4, -0.2) is 6.54 Å². The molecular weight excluding hydrogens is 122 g/mol. The van der Waals surface area contributed by atoms with Gasteiger partial charge in [0.1, 0.15) is 0 Å². The largest absolute Gasteiger partial charge is 0.330 e. The Hall–Kier alpha value is -0.0400. The Labute approximate surface area is 64.0 Å². The van der Waals surface area contributed by atoms with Crippen LogP contribution in [0, 0.1) is 17.8 Å². The van der Waals surface area contributed by atoms with Crippen molar-refractivity contribution in [2.24, 2.45) is 23.5 Å². The van der Waals surface area contributed by atoms with E-state index in [9.17, 15) is 0 Å². The monoisotopic (exact) mass is 141 g/mol. The van der Waals surface area contributed by atoms with Crippen molar-refractivity contribution in [1.29, 1.82) is 0 Å². The second kappa shape index (κ2) is 3.38. The van der Waals surface area contributed by atoms with Crippen molar-refractivity contribution in [2.75, 3.05) is 6.54 Å². The van der Waals surface area contributed by atoms with E-state index in [-0.39, 0.29) is 0 Å². The summed E-state index contributed by atoms with van der Waals surface area (Å²) in [5, 5.41) is 0. The molecule has 0 spiro atoms. The first kappa shape index (κ1) is 8.06. The number of hydrogen-bond acceptors (Lipinski definition) is 1. The maximum atomic E-state index is 5.63. The molecule has 1 fully saturated rings. The Morgan fingerprint density at radius 2 is 1.60 bits per heavy atom. The van der Waals surface area contributed by atoms with Gasteiger partial charge >= 0.3 is 0 Å². The normalized spacial score (nSPS) is 41.7. The molecule has 2 atom stereocenters. The van der Waals surface area contributed by atoms with Crippen LogP contribution in [0.5, 0.6) is 0 Å².